The zero-order valence-electron chi connectivity index (χ0n) is 14.3. The molecule has 0 fully saturated rings. The molecule has 2 aromatic carbocycles. The van der Waals surface area contributed by atoms with Crippen LogP contribution in [-0.2, 0) is 11.2 Å². The summed E-state index contributed by atoms with van der Waals surface area (Å²) >= 11 is 6.91. The molecule has 0 saturated carbocycles. The summed E-state index contributed by atoms with van der Waals surface area (Å²) in [6, 6.07) is 9.10. The van der Waals surface area contributed by atoms with E-state index in [2.05, 4.69) is 15.6 Å². The number of rotatable bonds is 6. The maximum atomic E-state index is 13.1. The molecular weight excluding hydrogens is 408 g/mol. The normalized spacial score (nSPS) is 10.5. The Balaban J connectivity index is 1.51. The van der Waals surface area contributed by atoms with Crippen LogP contribution in [0.2, 0.25) is 5.02 Å². The number of nitrogens with zero attached hydrogens (tertiary/aromatic N) is 1. The molecule has 1 heterocycles. The molecule has 9 heteroatoms. The zero-order chi connectivity index (χ0) is 20.1. The molecule has 2 N–H and O–H groups in total. The minimum atomic E-state index is -0.558. The van der Waals surface area contributed by atoms with E-state index in [1.54, 1.807) is 5.38 Å². The monoisotopic (exact) mass is 421 g/mol. The third kappa shape index (κ3) is 5.34. The van der Waals surface area contributed by atoms with E-state index in [4.69, 9.17) is 11.6 Å². The summed E-state index contributed by atoms with van der Waals surface area (Å²) in [6.45, 7) is 0. The van der Waals surface area contributed by atoms with Crippen molar-refractivity contribution in [2.24, 2.45) is 0 Å². The van der Waals surface area contributed by atoms with E-state index < -0.39 is 17.5 Å². The summed E-state index contributed by atoms with van der Waals surface area (Å²) < 4.78 is 26.0. The summed E-state index contributed by atoms with van der Waals surface area (Å²) in [5.74, 6) is -1.65. The molecule has 0 aliphatic heterocycles. The smallest absolute Gasteiger partial charge is 0.257 e. The van der Waals surface area contributed by atoms with Crippen LogP contribution >= 0.6 is 22.9 Å². The molecule has 3 aromatic rings. The predicted octanol–water partition coefficient (Wildman–Crippen LogP) is 4.90. The number of amides is 2. The van der Waals surface area contributed by atoms with Crippen molar-refractivity contribution in [2.45, 2.75) is 12.8 Å². The van der Waals surface area contributed by atoms with Gasteiger partial charge < -0.3 is 5.32 Å². The van der Waals surface area contributed by atoms with E-state index >= 15 is 0 Å². The van der Waals surface area contributed by atoms with Crippen LogP contribution in [0, 0.1) is 11.6 Å². The molecule has 0 bridgehead atoms. The predicted molar refractivity (Wildman–Crippen MR) is 105 cm³/mol. The third-order valence-electron chi connectivity index (χ3n) is 3.69. The highest BCUT2D eigenvalue weighted by Crippen LogP contribution is 2.20. The highest BCUT2D eigenvalue weighted by molar-refractivity contribution is 7.14. The van der Waals surface area contributed by atoms with Gasteiger partial charge in [0, 0.05) is 23.1 Å². The van der Waals surface area contributed by atoms with Crippen molar-refractivity contribution in [1.29, 1.82) is 0 Å². The fourth-order valence-corrected chi connectivity index (χ4v) is 3.21. The number of anilines is 2. The standard InChI is InChI=1S/C19H14ClF2N3O2S/c20-15-9-13(5-7-16(15)22)23-17(26)8-6-14-10-28-19(24-14)25-18(27)11-1-3-12(21)4-2-11/h1-5,7,9-10H,6,8H2,(H,23,26)(H,24,25,27). The largest absolute Gasteiger partial charge is 0.326 e. The van der Waals surface area contributed by atoms with Gasteiger partial charge in [-0.2, -0.15) is 0 Å². The van der Waals surface area contributed by atoms with Gasteiger partial charge in [0.2, 0.25) is 5.91 Å². The van der Waals surface area contributed by atoms with Crippen LogP contribution in [0.1, 0.15) is 22.5 Å². The van der Waals surface area contributed by atoms with Gasteiger partial charge in [-0.15, -0.1) is 11.3 Å². The SMILES string of the molecule is O=C(CCc1csc(NC(=O)c2ccc(F)cc2)n1)Nc1ccc(F)c(Cl)c1. The number of carbonyl (C=O) groups is 2. The topological polar surface area (TPSA) is 71.1 Å². The Morgan fingerprint density at radius 3 is 2.54 bits per heavy atom. The summed E-state index contributed by atoms with van der Waals surface area (Å²) in [7, 11) is 0. The molecule has 5 nitrogen and oxygen atoms in total. The molecule has 0 aliphatic carbocycles. The Kier molecular flexibility index (Phi) is 6.33. The van der Waals surface area contributed by atoms with Crippen LogP contribution in [0.4, 0.5) is 19.6 Å². The molecule has 0 spiro atoms. The van der Waals surface area contributed by atoms with E-state index in [9.17, 15) is 18.4 Å². The first-order valence-corrected chi connectivity index (χ1v) is 9.43. The lowest BCUT2D eigenvalue weighted by atomic mass is 10.2. The van der Waals surface area contributed by atoms with Crippen molar-refractivity contribution >= 4 is 45.6 Å². The van der Waals surface area contributed by atoms with Crippen molar-refractivity contribution in [3.63, 3.8) is 0 Å². The van der Waals surface area contributed by atoms with E-state index in [-0.39, 0.29) is 17.4 Å². The molecule has 0 unspecified atom stereocenters. The van der Waals surface area contributed by atoms with Gasteiger partial charge in [-0.25, -0.2) is 13.8 Å². The zero-order valence-corrected chi connectivity index (χ0v) is 15.9. The number of nitrogens with one attached hydrogen (secondary N) is 2. The minimum Gasteiger partial charge on any atom is -0.326 e. The van der Waals surface area contributed by atoms with E-state index in [1.165, 1.54) is 53.8 Å². The summed E-state index contributed by atoms with van der Waals surface area (Å²) in [4.78, 5) is 28.4. The molecule has 0 atom stereocenters. The Bertz CT molecular complexity index is 1010. The second-order valence-corrected chi connectivity index (χ2v) is 7.05. The van der Waals surface area contributed by atoms with Crippen molar-refractivity contribution in [1.82, 2.24) is 4.98 Å². The van der Waals surface area contributed by atoms with Gasteiger partial charge in [-0.05, 0) is 48.9 Å². The Labute approximate surface area is 168 Å². The lowest BCUT2D eigenvalue weighted by Crippen LogP contribution is -2.13. The molecule has 0 radical (unpaired) electrons. The van der Waals surface area contributed by atoms with Crippen LogP contribution < -0.4 is 10.6 Å². The molecule has 0 aliphatic rings. The number of thiazole rings is 1. The van der Waals surface area contributed by atoms with Crippen LogP contribution in [0.3, 0.4) is 0 Å². The molecule has 0 saturated heterocycles. The summed E-state index contributed by atoms with van der Waals surface area (Å²) in [5.41, 5.74) is 1.36. The highest BCUT2D eigenvalue weighted by atomic mass is 35.5. The molecule has 28 heavy (non-hydrogen) atoms. The van der Waals surface area contributed by atoms with Crippen LogP contribution in [0.15, 0.2) is 47.8 Å². The average molecular weight is 422 g/mol. The number of hydrogen-bond donors (Lipinski definition) is 2. The number of hydrogen-bond acceptors (Lipinski definition) is 4. The first-order chi connectivity index (χ1) is 13.4. The fraction of sp³-hybridized carbons (Fsp3) is 0.105. The van der Waals surface area contributed by atoms with Gasteiger partial charge in [0.1, 0.15) is 11.6 Å². The lowest BCUT2D eigenvalue weighted by molar-refractivity contribution is -0.116. The molecule has 2 amide bonds. The first-order valence-electron chi connectivity index (χ1n) is 8.17. The molecule has 3 rings (SSSR count). The average Bonchev–Trinajstić information content (AvgIpc) is 3.11. The van der Waals surface area contributed by atoms with Gasteiger partial charge in [0.05, 0.1) is 10.7 Å². The van der Waals surface area contributed by atoms with Gasteiger partial charge in [-0.1, -0.05) is 11.6 Å². The number of aromatic nitrogens is 1. The minimum absolute atomic E-state index is 0.0705. The summed E-state index contributed by atoms with van der Waals surface area (Å²) in [5, 5.41) is 7.32. The third-order valence-corrected chi connectivity index (χ3v) is 4.79. The van der Waals surface area contributed by atoms with E-state index in [0.29, 0.717) is 28.5 Å². The van der Waals surface area contributed by atoms with Gasteiger partial charge in [0.15, 0.2) is 5.13 Å². The maximum Gasteiger partial charge on any atom is 0.257 e. The lowest BCUT2D eigenvalue weighted by Gasteiger charge is -2.05. The van der Waals surface area contributed by atoms with E-state index in [1.807, 2.05) is 0 Å². The second kappa shape index (κ2) is 8.90. The van der Waals surface area contributed by atoms with Crippen molar-refractivity contribution < 1.29 is 18.4 Å². The Hall–Kier alpha value is -2.84. The summed E-state index contributed by atoms with van der Waals surface area (Å²) in [6.07, 6.45) is 0.522. The molecular formula is C19H14ClF2N3O2S. The van der Waals surface area contributed by atoms with Crippen LogP contribution in [0.5, 0.6) is 0 Å². The van der Waals surface area contributed by atoms with Gasteiger partial charge in [-0.3, -0.25) is 14.9 Å². The number of benzene rings is 2. The molecule has 144 valence electrons. The number of aryl methyl sites for hydroxylation is 1. The fourth-order valence-electron chi connectivity index (χ4n) is 2.29. The van der Waals surface area contributed by atoms with Gasteiger partial charge >= 0.3 is 0 Å². The van der Waals surface area contributed by atoms with Crippen molar-refractivity contribution in [3.8, 4) is 0 Å². The van der Waals surface area contributed by atoms with E-state index in [0.717, 1.165) is 0 Å². The highest BCUT2D eigenvalue weighted by Gasteiger charge is 2.11. The van der Waals surface area contributed by atoms with Crippen molar-refractivity contribution in [3.05, 3.63) is 75.8 Å². The number of halogens is 3. The Morgan fingerprint density at radius 2 is 1.82 bits per heavy atom. The number of carbonyl (C=O) groups excluding carboxylic acids is 2. The van der Waals surface area contributed by atoms with Crippen LogP contribution in [-0.4, -0.2) is 16.8 Å². The van der Waals surface area contributed by atoms with Crippen molar-refractivity contribution in [2.75, 3.05) is 10.6 Å². The second-order valence-electron chi connectivity index (χ2n) is 5.78. The quantitative estimate of drug-likeness (QED) is 0.594. The maximum absolute atomic E-state index is 13.1. The molecule has 1 aromatic heterocycles. The first kappa shape index (κ1) is 19.9. The Morgan fingerprint density at radius 1 is 1.07 bits per heavy atom. The van der Waals surface area contributed by atoms with Crippen LogP contribution in [0.25, 0.3) is 0 Å². The van der Waals surface area contributed by atoms with Gasteiger partial charge in [0.25, 0.3) is 5.91 Å².